The second-order valence-corrected chi connectivity index (χ2v) is 8.01. The van der Waals surface area contributed by atoms with E-state index in [0.717, 1.165) is 44.3 Å². The maximum atomic E-state index is 11.8. The molecule has 1 aliphatic carbocycles. The van der Waals surface area contributed by atoms with Crippen molar-refractivity contribution >= 4 is 5.78 Å². The first-order valence-corrected chi connectivity index (χ1v) is 10.5. The Hall–Kier alpha value is -2.35. The second-order valence-electron chi connectivity index (χ2n) is 8.01. The molecule has 0 unspecified atom stereocenters. The van der Waals surface area contributed by atoms with Gasteiger partial charge in [0, 0.05) is 18.8 Å². The third-order valence-corrected chi connectivity index (χ3v) is 5.77. The van der Waals surface area contributed by atoms with Crippen LogP contribution >= 0.6 is 0 Å². The molecule has 28 heavy (non-hydrogen) atoms. The molecule has 3 rings (SSSR count). The molecule has 0 amide bonds. The number of carbonyl (C=O) groups is 1. The zero-order valence-electron chi connectivity index (χ0n) is 17.5. The maximum absolute atomic E-state index is 11.8. The Labute approximate surface area is 169 Å². The number of benzene rings is 2. The van der Waals surface area contributed by atoms with Crippen LogP contribution in [0.3, 0.4) is 0 Å². The predicted molar refractivity (Wildman–Crippen MR) is 116 cm³/mol. The highest BCUT2D eigenvalue weighted by Crippen LogP contribution is 2.28. The van der Waals surface area contributed by atoms with Gasteiger partial charge in [-0.15, -0.1) is 0 Å². The van der Waals surface area contributed by atoms with Crippen LogP contribution in [0.2, 0.25) is 0 Å². The third kappa shape index (κ3) is 5.34. The van der Waals surface area contributed by atoms with Crippen LogP contribution in [-0.4, -0.2) is 5.78 Å². The van der Waals surface area contributed by atoms with E-state index in [1.165, 1.54) is 27.8 Å². The van der Waals surface area contributed by atoms with Crippen molar-refractivity contribution in [3.63, 3.8) is 0 Å². The summed E-state index contributed by atoms with van der Waals surface area (Å²) in [6.07, 6.45) is 7.96. The molecule has 2 heteroatoms. The summed E-state index contributed by atoms with van der Waals surface area (Å²) >= 11 is 0. The standard InChI is InChI=1S/C26H32O2/c1-4-24(12-6-9-22-10-7-13-26(22)27)28-18-21-14-15-25(20(3)17-21)23-11-5-8-19(2)16-23/h4-5,8,11,14-17,22H,6-7,9-10,12-13,18H2,1-3H3/t22-/m0/s1. The minimum absolute atomic E-state index is 0.301. The average molecular weight is 377 g/mol. The lowest BCUT2D eigenvalue weighted by Crippen LogP contribution is -2.06. The van der Waals surface area contributed by atoms with E-state index in [0.29, 0.717) is 18.3 Å². The van der Waals surface area contributed by atoms with Crippen LogP contribution in [0.1, 0.15) is 62.1 Å². The molecule has 2 aromatic rings. The fourth-order valence-electron chi connectivity index (χ4n) is 4.14. The Kier molecular flexibility index (Phi) is 7.08. The number of ketones is 1. The van der Waals surface area contributed by atoms with Gasteiger partial charge in [0.15, 0.2) is 0 Å². The zero-order chi connectivity index (χ0) is 19.9. The van der Waals surface area contributed by atoms with Gasteiger partial charge in [0.1, 0.15) is 12.4 Å². The lowest BCUT2D eigenvalue weighted by Gasteiger charge is -2.14. The van der Waals surface area contributed by atoms with E-state index >= 15 is 0 Å². The molecule has 0 saturated heterocycles. The fraction of sp³-hybridized carbons (Fsp3) is 0.423. The molecule has 0 aliphatic heterocycles. The number of carbonyl (C=O) groups excluding carboxylic acids is 1. The number of ether oxygens (including phenoxy) is 1. The highest BCUT2D eigenvalue weighted by Gasteiger charge is 2.23. The second kappa shape index (κ2) is 9.73. The maximum Gasteiger partial charge on any atom is 0.135 e. The van der Waals surface area contributed by atoms with Gasteiger partial charge in [0.05, 0.1) is 5.76 Å². The van der Waals surface area contributed by atoms with Crippen molar-refractivity contribution < 1.29 is 9.53 Å². The Morgan fingerprint density at radius 3 is 2.71 bits per heavy atom. The summed E-state index contributed by atoms with van der Waals surface area (Å²) in [4.78, 5) is 11.8. The number of allylic oxidation sites excluding steroid dienone is 2. The highest BCUT2D eigenvalue weighted by molar-refractivity contribution is 5.82. The van der Waals surface area contributed by atoms with Crippen molar-refractivity contribution in [3.8, 4) is 11.1 Å². The van der Waals surface area contributed by atoms with Crippen LogP contribution in [0.15, 0.2) is 54.3 Å². The van der Waals surface area contributed by atoms with Crippen molar-refractivity contribution in [3.05, 3.63) is 71.0 Å². The molecular weight excluding hydrogens is 344 g/mol. The van der Waals surface area contributed by atoms with E-state index in [4.69, 9.17) is 4.74 Å². The van der Waals surface area contributed by atoms with Gasteiger partial charge in [-0.25, -0.2) is 0 Å². The summed E-state index contributed by atoms with van der Waals surface area (Å²) in [7, 11) is 0. The first-order chi connectivity index (χ1) is 13.6. The summed E-state index contributed by atoms with van der Waals surface area (Å²) in [6, 6.07) is 15.2. The van der Waals surface area contributed by atoms with E-state index in [-0.39, 0.29) is 0 Å². The topological polar surface area (TPSA) is 26.3 Å². The third-order valence-electron chi connectivity index (χ3n) is 5.77. The molecule has 0 radical (unpaired) electrons. The molecule has 1 aliphatic rings. The summed E-state index contributed by atoms with van der Waals surface area (Å²) < 4.78 is 6.06. The molecule has 0 bridgehead atoms. The SMILES string of the molecule is CC=C(CCC[C@H]1CCCC1=O)OCc1ccc(-c2cccc(C)c2)c(C)c1. The number of rotatable bonds is 8. The summed E-state index contributed by atoms with van der Waals surface area (Å²) in [5, 5.41) is 0. The van der Waals surface area contributed by atoms with E-state index in [9.17, 15) is 4.79 Å². The molecule has 0 spiro atoms. The van der Waals surface area contributed by atoms with Crippen molar-refractivity contribution in [2.45, 2.75) is 65.9 Å². The normalized spacial score (nSPS) is 17.2. The minimum Gasteiger partial charge on any atom is -0.494 e. The van der Waals surface area contributed by atoms with E-state index in [1.807, 2.05) is 6.92 Å². The molecule has 1 atom stereocenters. The molecule has 1 fully saturated rings. The van der Waals surface area contributed by atoms with Gasteiger partial charge in [-0.05, 0) is 74.8 Å². The van der Waals surface area contributed by atoms with Crippen molar-refractivity contribution in [1.29, 1.82) is 0 Å². The fourth-order valence-corrected chi connectivity index (χ4v) is 4.14. The number of hydrogen-bond acceptors (Lipinski definition) is 2. The summed E-state index contributed by atoms with van der Waals surface area (Å²) in [5.41, 5.74) is 6.29. The quantitative estimate of drug-likeness (QED) is 0.467. The first-order valence-electron chi connectivity index (χ1n) is 10.5. The molecule has 148 valence electrons. The summed E-state index contributed by atoms with van der Waals surface area (Å²) in [5.74, 6) is 1.80. The molecule has 0 heterocycles. The van der Waals surface area contributed by atoms with Crippen LogP contribution < -0.4 is 0 Å². The van der Waals surface area contributed by atoms with Crippen LogP contribution in [0, 0.1) is 19.8 Å². The van der Waals surface area contributed by atoms with Crippen LogP contribution in [0.5, 0.6) is 0 Å². The zero-order valence-corrected chi connectivity index (χ0v) is 17.5. The molecule has 2 nitrogen and oxygen atoms in total. The Bertz CT molecular complexity index is 847. The van der Waals surface area contributed by atoms with Crippen LogP contribution in [0.25, 0.3) is 11.1 Å². The van der Waals surface area contributed by atoms with Gasteiger partial charge >= 0.3 is 0 Å². The largest absolute Gasteiger partial charge is 0.494 e. The number of Topliss-reactive ketones (excluding diaryl/α,β-unsaturated/α-hetero) is 1. The average Bonchev–Trinajstić information content (AvgIpc) is 3.09. The Balaban J connectivity index is 1.53. The van der Waals surface area contributed by atoms with Crippen molar-refractivity contribution in [2.24, 2.45) is 5.92 Å². The summed E-state index contributed by atoms with van der Waals surface area (Å²) in [6.45, 7) is 6.91. The highest BCUT2D eigenvalue weighted by atomic mass is 16.5. The van der Waals surface area contributed by atoms with Gasteiger partial charge in [-0.1, -0.05) is 48.0 Å². The number of hydrogen-bond donors (Lipinski definition) is 0. The Morgan fingerprint density at radius 2 is 2.04 bits per heavy atom. The predicted octanol–water partition coefficient (Wildman–Crippen LogP) is 6.93. The lowest BCUT2D eigenvalue weighted by molar-refractivity contribution is -0.120. The van der Waals surface area contributed by atoms with Gasteiger partial charge in [0.2, 0.25) is 0 Å². The van der Waals surface area contributed by atoms with Gasteiger partial charge in [0.25, 0.3) is 0 Å². The van der Waals surface area contributed by atoms with Crippen LogP contribution in [0.4, 0.5) is 0 Å². The molecule has 2 aromatic carbocycles. The van der Waals surface area contributed by atoms with Crippen LogP contribution in [-0.2, 0) is 16.1 Å². The van der Waals surface area contributed by atoms with Gasteiger partial charge in [-0.2, -0.15) is 0 Å². The van der Waals surface area contributed by atoms with Crippen molar-refractivity contribution in [2.75, 3.05) is 0 Å². The molecule has 1 saturated carbocycles. The Morgan fingerprint density at radius 1 is 1.18 bits per heavy atom. The minimum atomic E-state index is 0.301. The molecule has 0 N–H and O–H groups in total. The molecular formula is C26H32O2. The molecule has 0 aromatic heterocycles. The van der Waals surface area contributed by atoms with Gasteiger partial charge in [-0.3, -0.25) is 4.79 Å². The van der Waals surface area contributed by atoms with Crippen molar-refractivity contribution in [1.82, 2.24) is 0 Å². The van der Waals surface area contributed by atoms with E-state index in [2.05, 4.69) is 62.4 Å². The van der Waals surface area contributed by atoms with E-state index < -0.39 is 0 Å². The lowest BCUT2D eigenvalue weighted by atomic mass is 9.97. The number of aryl methyl sites for hydroxylation is 2. The monoisotopic (exact) mass is 376 g/mol. The smallest absolute Gasteiger partial charge is 0.135 e. The van der Waals surface area contributed by atoms with Gasteiger partial charge < -0.3 is 4.74 Å². The first kappa shape index (κ1) is 20.4. The van der Waals surface area contributed by atoms with E-state index in [1.54, 1.807) is 0 Å².